The Morgan fingerprint density at radius 3 is 2.57 bits per heavy atom. The molecule has 0 fully saturated rings. The van der Waals surface area contributed by atoms with Crippen molar-refractivity contribution in [1.82, 2.24) is 5.32 Å². The first kappa shape index (κ1) is 10.3. The van der Waals surface area contributed by atoms with Crippen LogP contribution in [0.1, 0.15) is 0 Å². The summed E-state index contributed by atoms with van der Waals surface area (Å²) in [5.41, 5.74) is 0.804. The number of benzene rings is 1. The minimum atomic E-state index is 0.276. The Bertz CT molecular complexity index is 355. The number of nitrogens with one attached hydrogen (secondary N) is 2. The maximum absolute atomic E-state index is 8.29. The molecule has 0 heterocycles. The predicted octanol–water partition coefficient (Wildman–Crippen LogP) is 1.46. The lowest BCUT2D eigenvalue weighted by molar-refractivity contribution is 0.415. The third kappa shape index (κ3) is 2.92. The van der Waals surface area contributed by atoms with Crippen molar-refractivity contribution in [2.45, 2.75) is 0 Å². The van der Waals surface area contributed by atoms with Crippen LogP contribution >= 0.6 is 12.2 Å². The highest BCUT2D eigenvalue weighted by Crippen LogP contribution is 2.14. The van der Waals surface area contributed by atoms with Gasteiger partial charge in [-0.15, -0.1) is 0 Å². The lowest BCUT2D eigenvalue weighted by Gasteiger charge is -2.06. The van der Waals surface area contributed by atoms with Crippen LogP contribution < -0.4 is 15.4 Å². The minimum Gasteiger partial charge on any atom is -0.497 e. The summed E-state index contributed by atoms with van der Waals surface area (Å²) in [5.74, 6) is 0.773. The summed E-state index contributed by atoms with van der Waals surface area (Å²) in [7, 11) is 1.60. The van der Waals surface area contributed by atoms with Gasteiger partial charge in [0, 0.05) is 5.69 Å². The molecule has 2 N–H and O–H groups in total. The molecule has 1 aromatic rings. The van der Waals surface area contributed by atoms with Crippen molar-refractivity contribution in [3.05, 3.63) is 24.3 Å². The molecule has 0 spiro atoms. The summed E-state index contributed by atoms with van der Waals surface area (Å²) in [6.45, 7) is 0. The number of nitriles is 1. The van der Waals surface area contributed by atoms with E-state index in [0.29, 0.717) is 0 Å². The van der Waals surface area contributed by atoms with Crippen LogP contribution in [0.25, 0.3) is 0 Å². The average molecular weight is 207 g/mol. The van der Waals surface area contributed by atoms with Gasteiger partial charge in [0.05, 0.1) is 7.11 Å². The van der Waals surface area contributed by atoms with Crippen molar-refractivity contribution in [1.29, 1.82) is 5.26 Å². The van der Waals surface area contributed by atoms with Gasteiger partial charge in [0.15, 0.2) is 11.3 Å². The standard InChI is InChI=1S/C9H9N3OS/c1-13-8-4-2-7(3-5-8)12-9(14)11-6-10/h2-5H,1H3,(H2,11,12,14). The molecule has 72 valence electrons. The molecule has 0 aliphatic rings. The molecule has 0 unspecified atom stereocenters. The van der Waals surface area contributed by atoms with E-state index in [4.69, 9.17) is 22.2 Å². The molecule has 0 aliphatic heterocycles. The van der Waals surface area contributed by atoms with E-state index < -0.39 is 0 Å². The first-order valence-electron chi connectivity index (χ1n) is 3.86. The van der Waals surface area contributed by atoms with Crippen molar-refractivity contribution in [2.24, 2.45) is 0 Å². The number of ether oxygens (including phenoxy) is 1. The van der Waals surface area contributed by atoms with E-state index in [1.165, 1.54) is 0 Å². The van der Waals surface area contributed by atoms with E-state index in [1.807, 2.05) is 12.1 Å². The Balaban J connectivity index is 2.60. The van der Waals surface area contributed by atoms with E-state index in [2.05, 4.69) is 10.6 Å². The van der Waals surface area contributed by atoms with Crippen LogP contribution in [0.4, 0.5) is 5.69 Å². The van der Waals surface area contributed by atoms with Gasteiger partial charge in [0.25, 0.3) is 0 Å². The molecular weight excluding hydrogens is 198 g/mol. The molecule has 4 nitrogen and oxygen atoms in total. The zero-order valence-corrected chi connectivity index (χ0v) is 8.39. The van der Waals surface area contributed by atoms with Crippen molar-refractivity contribution in [3.63, 3.8) is 0 Å². The second kappa shape index (κ2) is 5.04. The van der Waals surface area contributed by atoms with Gasteiger partial charge in [-0.25, -0.2) is 0 Å². The Kier molecular flexibility index (Phi) is 3.70. The summed E-state index contributed by atoms with van der Waals surface area (Å²) in [6.07, 6.45) is 1.73. The summed E-state index contributed by atoms with van der Waals surface area (Å²) in [6, 6.07) is 7.23. The van der Waals surface area contributed by atoms with Crippen LogP contribution in [-0.2, 0) is 0 Å². The van der Waals surface area contributed by atoms with Crippen LogP contribution in [0.15, 0.2) is 24.3 Å². The Morgan fingerprint density at radius 2 is 2.07 bits per heavy atom. The fourth-order valence-electron chi connectivity index (χ4n) is 0.887. The number of anilines is 1. The second-order valence-corrected chi connectivity index (χ2v) is 2.83. The fraction of sp³-hybridized carbons (Fsp3) is 0.111. The van der Waals surface area contributed by atoms with Gasteiger partial charge < -0.3 is 10.1 Å². The highest BCUT2D eigenvalue weighted by molar-refractivity contribution is 7.80. The lowest BCUT2D eigenvalue weighted by atomic mass is 10.3. The molecule has 1 rings (SSSR count). The average Bonchev–Trinajstić information content (AvgIpc) is 2.19. The molecule has 0 saturated carbocycles. The van der Waals surface area contributed by atoms with E-state index in [-0.39, 0.29) is 5.11 Å². The van der Waals surface area contributed by atoms with Gasteiger partial charge in [0.1, 0.15) is 5.75 Å². The van der Waals surface area contributed by atoms with Gasteiger partial charge in [-0.1, -0.05) is 0 Å². The maximum Gasteiger partial charge on any atom is 0.184 e. The molecule has 0 amide bonds. The number of rotatable bonds is 2. The molecule has 0 aliphatic carbocycles. The first-order chi connectivity index (χ1) is 6.76. The molecular formula is C9H9N3OS. The fourth-order valence-corrected chi connectivity index (χ4v) is 1.05. The molecule has 0 saturated heterocycles. The molecule has 1 aromatic carbocycles. The van der Waals surface area contributed by atoms with Crippen LogP contribution in [0, 0.1) is 11.5 Å². The second-order valence-electron chi connectivity index (χ2n) is 2.42. The normalized spacial score (nSPS) is 8.57. The molecule has 0 atom stereocenters. The van der Waals surface area contributed by atoms with Gasteiger partial charge >= 0.3 is 0 Å². The maximum atomic E-state index is 8.29. The molecule has 14 heavy (non-hydrogen) atoms. The molecule has 0 radical (unpaired) electrons. The van der Waals surface area contributed by atoms with Crippen molar-refractivity contribution < 1.29 is 4.74 Å². The van der Waals surface area contributed by atoms with Crippen LogP contribution in [0.3, 0.4) is 0 Å². The third-order valence-corrected chi connectivity index (χ3v) is 1.72. The summed E-state index contributed by atoms with van der Waals surface area (Å²) in [4.78, 5) is 0. The van der Waals surface area contributed by atoms with E-state index in [0.717, 1.165) is 11.4 Å². The van der Waals surface area contributed by atoms with Gasteiger partial charge in [0.2, 0.25) is 0 Å². The minimum absolute atomic E-state index is 0.276. The number of thiocarbonyl (C=S) groups is 1. The van der Waals surface area contributed by atoms with Gasteiger partial charge in [-0.3, -0.25) is 5.32 Å². The first-order valence-corrected chi connectivity index (χ1v) is 4.27. The number of hydrogen-bond acceptors (Lipinski definition) is 3. The van der Waals surface area contributed by atoms with E-state index >= 15 is 0 Å². The SMILES string of the molecule is COc1ccc(NC(=S)NC#N)cc1. The van der Waals surface area contributed by atoms with Gasteiger partial charge in [-0.05, 0) is 36.5 Å². The third-order valence-electron chi connectivity index (χ3n) is 1.52. The van der Waals surface area contributed by atoms with Crippen molar-refractivity contribution >= 4 is 23.0 Å². The summed E-state index contributed by atoms with van der Waals surface area (Å²) in [5, 5.41) is 13.7. The molecule has 0 aromatic heterocycles. The van der Waals surface area contributed by atoms with Crippen LogP contribution in [0.2, 0.25) is 0 Å². The topological polar surface area (TPSA) is 57.1 Å². The van der Waals surface area contributed by atoms with Crippen LogP contribution in [-0.4, -0.2) is 12.2 Å². The lowest BCUT2D eigenvalue weighted by Crippen LogP contribution is -2.23. The number of nitrogens with zero attached hydrogens (tertiary/aromatic N) is 1. The van der Waals surface area contributed by atoms with Gasteiger partial charge in [-0.2, -0.15) is 5.26 Å². The van der Waals surface area contributed by atoms with E-state index in [1.54, 1.807) is 25.4 Å². The largest absolute Gasteiger partial charge is 0.497 e. The Labute approximate surface area is 87.5 Å². The van der Waals surface area contributed by atoms with Crippen LogP contribution in [0.5, 0.6) is 5.75 Å². The monoisotopic (exact) mass is 207 g/mol. The number of methoxy groups -OCH3 is 1. The highest BCUT2D eigenvalue weighted by atomic mass is 32.1. The zero-order chi connectivity index (χ0) is 10.4. The predicted molar refractivity (Wildman–Crippen MR) is 58.0 cm³/mol. The van der Waals surface area contributed by atoms with Crippen molar-refractivity contribution in [2.75, 3.05) is 12.4 Å². The highest BCUT2D eigenvalue weighted by Gasteiger charge is 1.96. The number of hydrogen-bond donors (Lipinski definition) is 2. The summed E-state index contributed by atoms with van der Waals surface area (Å²) < 4.78 is 4.99. The molecule has 0 bridgehead atoms. The Hall–Kier alpha value is -1.80. The summed E-state index contributed by atoms with van der Waals surface area (Å²) >= 11 is 4.82. The van der Waals surface area contributed by atoms with E-state index in [9.17, 15) is 0 Å². The Morgan fingerprint density at radius 1 is 1.43 bits per heavy atom. The zero-order valence-electron chi connectivity index (χ0n) is 7.57. The smallest absolute Gasteiger partial charge is 0.184 e. The quantitative estimate of drug-likeness (QED) is 0.437. The van der Waals surface area contributed by atoms with Crippen molar-refractivity contribution in [3.8, 4) is 11.9 Å². The molecule has 5 heteroatoms.